The largest absolute Gasteiger partial charge is 0.207 e. The second-order valence-corrected chi connectivity index (χ2v) is 2.74. The highest BCUT2D eigenvalue weighted by atomic mass is 28.1. The van der Waals surface area contributed by atoms with Crippen molar-refractivity contribution in [1.29, 1.82) is 0 Å². The maximum Gasteiger partial charge on any atom is 0.126 e. The fraction of sp³-hybridized carbons (Fsp3) is 0.250. The molecule has 0 N–H and O–H groups in total. The van der Waals surface area contributed by atoms with E-state index in [0.29, 0.717) is 18.0 Å². The molecule has 0 spiro atoms. The van der Waals surface area contributed by atoms with Crippen molar-refractivity contribution < 1.29 is 8.78 Å². The monoisotopic (exact) mass is 169 g/mol. The van der Waals surface area contributed by atoms with Crippen molar-refractivity contribution >= 4 is 10.2 Å². The molecular weight excluding hydrogens is 162 g/mol. The minimum absolute atomic E-state index is 0.343. The van der Waals surface area contributed by atoms with Crippen LogP contribution < -0.4 is 0 Å². The first-order valence-electron chi connectivity index (χ1n) is 3.32. The van der Waals surface area contributed by atoms with E-state index >= 15 is 0 Å². The van der Waals surface area contributed by atoms with Gasteiger partial charge in [0, 0.05) is 10.2 Å². The molecule has 0 saturated heterocycles. The zero-order valence-electron chi connectivity index (χ0n) is 5.90. The van der Waals surface area contributed by atoms with E-state index in [1.165, 1.54) is 6.07 Å². The Morgan fingerprint density at radius 3 is 2.64 bits per heavy atom. The van der Waals surface area contributed by atoms with Crippen LogP contribution in [0.5, 0.6) is 0 Å². The average molecular weight is 169 g/mol. The van der Waals surface area contributed by atoms with Crippen LogP contribution in [-0.4, -0.2) is 10.2 Å². The Morgan fingerprint density at radius 1 is 1.27 bits per heavy atom. The summed E-state index contributed by atoms with van der Waals surface area (Å²) >= 11 is 0. The quantitative estimate of drug-likeness (QED) is 0.595. The molecule has 0 aliphatic rings. The summed E-state index contributed by atoms with van der Waals surface area (Å²) in [5, 5.41) is 0. The molecule has 1 aromatic rings. The van der Waals surface area contributed by atoms with Crippen molar-refractivity contribution in [1.82, 2.24) is 0 Å². The fourth-order valence-corrected chi connectivity index (χ4v) is 1.14. The van der Waals surface area contributed by atoms with Crippen molar-refractivity contribution in [3.05, 3.63) is 35.4 Å². The van der Waals surface area contributed by atoms with Crippen LogP contribution in [0.2, 0.25) is 6.04 Å². The highest BCUT2D eigenvalue weighted by molar-refractivity contribution is 6.08. The van der Waals surface area contributed by atoms with Gasteiger partial charge in [-0.3, -0.25) is 0 Å². The SMILES string of the molecule is Fc1ccc(F)c(CC[Si])c1. The van der Waals surface area contributed by atoms with E-state index in [2.05, 4.69) is 10.2 Å². The number of aryl methyl sites for hydroxylation is 1. The molecule has 0 aliphatic carbocycles. The van der Waals surface area contributed by atoms with Gasteiger partial charge in [-0.15, -0.1) is 0 Å². The maximum atomic E-state index is 12.8. The molecule has 3 radical (unpaired) electrons. The van der Waals surface area contributed by atoms with Crippen molar-refractivity contribution in [2.45, 2.75) is 12.5 Å². The summed E-state index contributed by atoms with van der Waals surface area (Å²) in [7, 11) is 3.20. The fourth-order valence-electron chi connectivity index (χ4n) is 0.870. The summed E-state index contributed by atoms with van der Waals surface area (Å²) in [6.45, 7) is 0. The number of hydrogen-bond donors (Lipinski definition) is 0. The van der Waals surface area contributed by atoms with Gasteiger partial charge in [0.05, 0.1) is 0 Å². The van der Waals surface area contributed by atoms with Gasteiger partial charge in [0.15, 0.2) is 0 Å². The van der Waals surface area contributed by atoms with Crippen LogP contribution in [0.4, 0.5) is 8.78 Å². The van der Waals surface area contributed by atoms with E-state index in [1.54, 1.807) is 0 Å². The first-order valence-corrected chi connectivity index (χ1v) is 4.03. The van der Waals surface area contributed by atoms with Crippen LogP contribution in [0.3, 0.4) is 0 Å². The zero-order valence-corrected chi connectivity index (χ0v) is 6.90. The number of halogens is 2. The smallest absolute Gasteiger partial charge is 0.126 e. The summed E-state index contributed by atoms with van der Waals surface area (Å²) in [6.07, 6.45) is 0.514. The average Bonchev–Trinajstić information content (AvgIpc) is 1.98. The van der Waals surface area contributed by atoms with Crippen LogP contribution in [-0.2, 0) is 6.42 Å². The second kappa shape index (κ2) is 3.62. The number of hydrogen-bond acceptors (Lipinski definition) is 0. The van der Waals surface area contributed by atoms with Crippen LogP contribution in [0, 0.1) is 11.6 Å². The molecule has 0 heterocycles. The molecule has 3 heteroatoms. The molecule has 0 bridgehead atoms. The standard InChI is InChI=1S/C8H7F2Si/c9-7-1-2-8(10)6(5-7)3-4-11/h1-2,5H,3-4H2. The van der Waals surface area contributed by atoms with E-state index in [-0.39, 0.29) is 11.6 Å². The Hall–Kier alpha value is -0.703. The Bertz CT molecular complexity index is 248. The van der Waals surface area contributed by atoms with Gasteiger partial charge in [0.2, 0.25) is 0 Å². The van der Waals surface area contributed by atoms with Gasteiger partial charge in [0.25, 0.3) is 0 Å². The minimum Gasteiger partial charge on any atom is -0.207 e. The molecule has 0 amide bonds. The highest BCUT2D eigenvalue weighted by Gasteiger charge is 2.01. The van der Waals surface area contributed by atoms with E-state index in [0.717, 1.165) is 12.1 Å². The lowest BCUT2D eigenvalue weighted by atomic mass is 10.1. The topological polar surface area (TPSA) is 0 Å². The van der Waals surface area contributed by atoms with Gasteiger partial charge in [0.1, 0.15) is 11.6 Å². The summed E-state index contributed by atoms with van der Waals surface area (Å²) in [5.41, 5.74) is 0.417. The molecular formula is C8H7F2Si. The first kappa shape index (κ1) is 8.39. The van der Waals surface area contributed by atoms with Gasteiger partial charge in [-0.2, -0.15) is 0 Å². The lowest BCUT2D eigenvalue weighted by Gasteiger charge is -1.99. The van der Waals surface area contributed by atoms with Crippen LogP contribution >= 0.6 is 0 Å². The van der Waals surface area contributed by atoms with Crippen molar-refractivity contribution in [3.63, 3.8) is 0 Å². The Balaban J connectivity index is 2.93. The molecule has 57 valence electrons. The summed E-state index contributed by atoms with van der Waals surface area (Å²) in [5.74, 6) is -0.730. The molecule has 0 atom stereocenters. The lowest BCUT2D eigenvalue weighted by molar-refractivity contribution is 0.587. The summed E-state index contributed by atoms with van der Waals surface area (Å²) in [4.78, 5) is 0. The minimum atomic E-state index is -0.387. The molecule has 11 heavy (non-hydrogen) atoms. The molecule has 0 aliphatic heterocycles. The van der Waals surface area contributed by atoms with E-state index in [4.69, 9.17) is 0 Å². The molecule has 1 aromatic carbocycles. The Morgan fingerprint density at radius 2 is 2.00 bits per heavy atom. The van der Waals surface area contributed by atoms with Crippen LogP contribution in [0.25, 0.3) is 0 Å². The second-order valence-electron chi connectivity index (χ2n) is 2.24. The van der Waals surface area contributed by atoms with Gasteiger partial charge in [-0.1, -0.05) is 6.04 Å². The molecule has 0 saturated carbocycles. The molecule has 0 fully saturated rings. The summed E-state index contributed by atoms with van der Waals surface area (Å²) in [6, 6.07) is 4.12. The maximum absolute atomic E-state index is 12.8. The Kier molecular flexibility index (Phi) is 2.76. The number of benzene rings is 1. The van der Waals surface area contributed by atoms with Gasteiger partial charge < -0.3 is 0 Å². The third-order valence-corrected chi connectivity index (χ3v) is 1.65. The first-order chi connectivity index (χ1) is 5.24. The van der Waals surface area contributed by atoms with Crippen LogP contribution in [0.1, 0.15) is 5.56 Å². The van der Waals surface area contributed by atoms with Gasteiger partial charge >= 0.3 is 0 Å². The van der Waals surface area contributed by atoms with Crippen LogP contribution in [0.15, 0.2) is 18.2 Å². The molecule has 0 nitrogen and oxygen atoms in total. The van der Waals surface area contributed by atoms with Crippen molar-refractivity contribution in [2.75, 3.05) is 0 Å². The van der Waals surface area contributed by atoms with E-state index in [1.807, 2.05) is 0 Å². The molecule has 0 aromatic heterocycles. The summed E-state index contributed by atoms with van der Waals surface area (Å²) < 4.78 is 25.3. The lowest BCUT2D eigenvalue weighted by Crippen LogP contribution is -1.90. The van der Waals surface area contributed by atoms with E-state index < -0.39 is 0 Å². The normalized spacial score (nSPS) is 10.1. The van der Waals surface area contributed by atoms with Gasteiger partial charge in [-0.25, -0.2) is 8.78 Å². The Labute approximate surface area is 67.7 Å². The third kappa shape index (κ3) is 2.12. The van der Waals surface area contributed by atoms with Gasteiger partial charge in [-0.05, 0) is 30.2 Å². The number of rotatable bonds is 2. The predicted octanol–water partition coefficient (Wildman–Crippen LogP) is 2.09. The molecule has 0 unspecified atom stereocenters. The highest BCUT2D eigenvalue weighted by Crippen LogP contribution is 2.10. The predicted molar refractivity (Wildman–Crippen MR) is 40.6 cm³/mol. The third-order valence-electron chi connectivity index (χ3n) is 1.40. The molecule has 1 rings (SSSR count). The van der Waals surface area contributed by atoms with Crippen molar-refractivity contribution in [3.8, 4) is 0 Å². The van der Waals surface area contributed by atoms with E-state index in [9.17, 15) is 8.78 Å². The van der Waals surface area contributed by atoms with Crippen molar-refractivity contribution in [2.24, 2.45) is 0 Å². The zero-order chi connectivity index (χ0) is 8.27.